The maximum absolute atomic E-state index is 13.0. The Morgan fingerprint density at radius 1 is 1.12 bits per heavy atom. The first-order valence-corrected chi connectivity index (χ1v) is 10.1. The van der Waals surface area contributed by atoms with Crippen molar-refractivity contribution in [1.82, 2.24) is 9.62 Å². The standard InChI is InChI=1S/C19H23FN2O3S/c1-15(17-8-10-18(20)11-9-17)21-19(23)14-22(26(2,24)25)13-12-16-6-4-3-5-7-16/h3-11,15H,12-14H2,1-2H3,(H,21,23)/t15-/m0/s1. The average molecular weight is 378 g/mol. The van der Waals surface area contributed by atoms with Crippen LogP contribution in [0.2, 0.25) is 0 Å². The van der Waals surface area contributed by atoms with E-state index in [9.17, 15) is 17.6 Å². The molecular formula is C19H23FN2O3S. The second-order valence-electron chi connectivity index (χ2n) is 6.17. The van der Waals surface area contributed by atoms with Gasteiger partial charge in [-0.25, -0.2) is 12.8 Å². The zero-order valence-corrected chi connectivity index (χ0v) is 15.7. The van der Waals surface area contributed by atoms with Crippen LogP contribution >= 0.6 is 0 Å². The molecule has 140 valence electrons. The highest BCUT2D eigenvalue weighted by atomic mass is 32.2. The number of nitrogens with one attached hydrogen (secondary N) is 1. The first-order chi connectivity index (χ1) is 12.3. The van der Waals surface area contributed by atoms with Crippen LogP contribution in [0.25, 0.3) is 0 Å². The van der Waals surface area contributed by atoms with Gasteiger partial charge in [-0.1, -0.05) is 42.5 Å². The van der Waals surface area contributed by atoms with Gasteiger partial charge in [-0.3, -0.25) is 4.79 Å². The largest absolute Gasteiger partial charge is 0.348 e. The van der Waals surface area contributed by atoms with E-state index in [0.29, 0.717) is 6.42 Å². The number of carbonyl (C=O) groups excluding carboxylic acids is 1. The van der Waals surface area contributed by atoms with Gasteiger partial charge in [0.05, 0.1) is 18.8 Å². The maximum Gasteiger partial charge on any atom is 0.235 e. The Morgan fingerprint density at radius 3 is 2.31 bits per heavy atom. The number of carbonyl (C=O) groups is 1. The fourth-order valence-electron chi connectivity index (χ4n) is 2.54. The Kier molecular flexibility index (Phi) is 6.88. The summed E-state index contributed by atoms with van der Waals surface area (Å²) in [5, 5.41) is 2.75. The Balaban J connectivity index is 1.96. The van der Waals surface area contributed by atoms with Gasteiger partial charge in [0.2, 0.25) is 15.9 Å². The third-order valence-corrected chi connectivity index (χ3v) is 5.28. The van der Waals surface area contributed by atoms with Gasteiger partial charge in [0.1, 0.15) is 5.82 Å². The van der Waals surface area contributed by atoms with E-state index in [-0.39, 0.29) is 24.9 Å². The number of halogens is 1. The number of rotatable bonds is 8. The van der Waals surface area contributed by atoms with Crippen molar-refractivity contribution in [3.8, 4) is 0 Å². The lowest BCUT2D eigenvalue weighted by atomic mass is 10.1. The maximum atomic E-state index is 13.0. The van der Waals surface area contributed by atoms with Crippen LogP contribution < -0.4 is 5.32 Å². The van der Waals surface area contributed by atoms with Crippen molar-refractivity contribution in [2.24, 2.45) is 0 Å². The van der Waals surface area contributed by atoms with Gasteiger partial charge in [0.15, 0.2) is 0 Å². The predicted molar refractivity (Wildman–Crippen MR) is 99.5 cm³/mol. The zero-order chi connectivity index (χ0) is 19.2. The molecule has 0 radical (unpaired) electrons. The zero-order valence-electron chi connectivity index (χ0n) is 14.9. The lowest BCUT2D eigenvalue weighted by molar-refractivity contribution is -0.121. The van der Waals surface area contributed by atoms with Gasteiger partial charge in [-0.2, -0.15) is 4.31 Å². The molecule has 0 aliphatic rings. The molecule has 0 aliphatic heterocycles. The third-order valence-electron chi connectivity index (χ3n) is 4.03. The van der Waals surface area contributed by atoms with E-state index < -0.39 is 15.9 Å². The summed E-state index contributed by atoms with van der Waals surface area (Å²) in [7, 11) is -3.51. The molecule has 0 spiro atoms. The molecule has 26 heavy (non-hydrogen) atoms. The van der Waals surface area contributed by atoms with Crippen LogP contribution in [-0.4, -0.2) is 38.0 Å². The van der Waals surface area contributed by atoms with Gasteiger partial charge in [0, 0.05) is 6.54 Å². The summed E-state index contributed by atoms with van der Waals surface area (Å²) in [6.07, 6.45) is 1.61. The molecule has 0 fully saturated rings. The fourth-order valence-corrected chi connectivity index (χ4v) is 3.32. The Labute approximate surface area is 153 Å². The molecule has 1 atom stereocenters. The van der Waals surface area contributed by atoms with Gasteiger partial charge in [-0.15, -0.1) is 0 Å². The lowest BCUT2D eigenvalue weighted by Gasteiger charge is -2.21. The van der Waals surface area contributed by atoms with Crippen LogP contribution in [0.3, 0.4) is 0 Å². The van der Waals surface area contributed by atoms with E-state index in [2.05, 4.69) is 5.32 Å². The number of sulfonamides is 1. The normalized spacial score (nSPS) is 12.8. The molecule has 0 saturated heterocycles. The van der Waals surface area contributed by atoms with Crippen LogP contribution in [0, 0.1) is 5.82 Å². The van der Waals surface area contributed by atoms with Crippen molar-refractivity contribution in [2.75, 3.05) is 19.3 Å². The summed E-state index contributed by atoms with van der Waals surface area (Å²) >= 11 is 0. The molecule has 1 amide bonds. The smallest absolute Gasteiger partial charge is 0.235 e. The molecule has 1 N–H and O–H groups in total. The number of nitrogens with zero attached hydrogens (tertiary/aromatic N) is 1. The molecule has 0 saturated carbocycles. The Hall–Kier alpha value is -2.25. The van der Waals surface area contributed by atoms with E-state index in [4.69, 9.17) is 0 Å². The molecule has 0 bridgehead atoms. The van der Waals surface area contributed by atoms with Crippen LogP contribution in [0.5, 0.6) is 0 Å². The lowest BCUT2D eigenvalue weighted by Crippen LogP contribution is -2.41. The molecule has 0 heterocycles. The van der Waals surface area contributed by atoms with E-state index in [1.165, 1.54) is 12.1 Å². The highest BCUT2D eigenvalue weighted by molar-refractivity contribution is 7.88. The Morgan fingerprint density at radius 2 is 1.73 bits per heavy atom. The van der Waals surface area contributed by atoms with E-state index in [1.54, 1.807) is 19.1 Å². The molecule has 2 aromatic rings. The van der Waals surface area contributed by atoms with Crippen molar-refractivity contribution >= 4 is 15.9 Å². The monoisotopic (exact) mass is 378 g/mol. The quantitative estimate of drug-likeness (QED) is 0.768. The summed E-state index contributed by atoms with van der Waals surface area (Å²) in [4.78, 5) is 12.3. The average Bonchev–Trinajstić information content (AvgIpc) is 2.59. The minimum Gasteiger partial charge on any atom is -0.348 e. The first kappa shape index (κ1) is 20.1. The van der Waals surface area contributed by atoms with Crippen molar-refractivity contribution in [3.63, 3.8) is 0 Å². The summed E-state index contributed by atoms with van der Waals surface area (Å²) in [5.41, 5.74) is 1.75. The molecule has 2 rings (SSSR count). The van der Waals surface area contributed by atoms with Crippen molar-refractivity contribution in [1.29, 1.82) is 0 Å². The minimum atomic E-state index is -3.51. The molecule has 7 heteroatoms. The molecule has 0 aliphatic carbocycles. The molecule has 2 aromatic carbocycles. The van der Waals surface area contributed by atoms with Gasteiger partial charge < -0.3 is 5.32 Å². The van der Waals surface area contributed by atoms with Crippen molar-refractivity contribution in [3.05, 3.63) is 71.5 Å². The van der Waals surface area contributed by atoms with Gasteiger partial charge >= 0.3 is 0 Å². The van der Waals surface area contributed by atoms with Gasteiger partial charge in [0.25, 0.3) is 0 Å². The molecular weight excluding hydrogens is 355 g/mol. The van der Waals surface area contributed by atoms with Crippen molar-refractivity contribution < 1.29 is 17.6 Å². The van der Waals surface area contributed by atoms with Crippen LogP contribution in [0.15, 0.2) is 54.6 Å². The SMILES string of the molecule is C[C@H](NC(=O)CN(CCc1ccccc1)S(C)(=O)=O)c1ccc(F)cc1. The molecule has 0 aromatic heterocycles. The van der Waals surface area contributed by atoms with E-state index in [1.807, 2.05) is 30.3 Å². The highest BCUT2D eigenvalue weighted by Crippen LogP contribution is 2.13. The second-order valence-corrected chi connectivity index (χ2v) is 8.16. The fraction of sp³-hybridized carbons (Fsp3) is 0.316. The minimum absolute atomic E-state index is 0.223. The summed E-state index contributed by atoms with van der Waals surface area (Å²) in [6.45, 7) is 1.73. The summed E-state index contributed by atoms with van der Waals surface area (Å²) in [5.74, 6) is -0.753. The van der Waals surface area contributed by atoms with E-state index in [0.717, 1.165) is 21.7 Å². The molecule has 5 nitrogen and oxygen atoms in total. The summed E-state index contributed by atoms with van der Waals surface area (Å²) in [6, 6.07) is 15.0. The third kappa shape index (κ3) is 6.24. The van der Waals surface area contributed by atoms with Crippen LogP contribution in [-0.2, 0) is 21.2 Å². The number of hydrogen-bond donors (Lipinski definition) is 1. The number of amides is 1. The molecule has 0 unspecified atom stereocenters. The van der Waals surface area contributed by atoms with Crippen LogP contribution in [0.1, 0.15) is 24.1 Å². The first-order valence-electron chi connectivity index (χ1n) is 8.29. The highest BCUT2D eigenvalue weighted by Gasteiger charge is 2.21. The Bertz CT molecular complexity index is 824. The number of hydrogen-bond acceptors (Lipinski definition) is 3. The van der Waals surface area contributed by atoms with E-state index >= 15 is 0 Å². The van der Waals surface area contributed by atoms with Gasteiger partial charge in [-0.05, 0) is 36.6 Å². The predicted octanol–water partition coefficient (Wildman–Crippen LogP) is 2.51. The summed E-state index contributed by atoms with van der Waals surface area (Å²) < 4.78 is 38.1. The van der Waals surface area contributed by atoms with Crippen LogP contribution in [0.4, 0.5) is 4.39 Å². The van der Waals surface area contributed by atoms with Crippen molar-refractivity contribution in [2.45, 2.75) is 19.4 Å². The second kappa shape index (κ2) is 8.91. The topological polar surface area (TPSA) is 66.5 Å². The number of benzene rings is 2.